The lowest BCUT2D eigenvalue weighted by Crippen LogP contribution is -2.09. The van der Waals surface area contributed by atoms with Crippen LogP contribution < -0.4 is 10.3 Å². The summed E-state index contributed by atoms with van der Waals surface area (Å²) in [5.41, 5.74) is 0.415. The van der Waals surface area contributed by atoms with Gasteiger partial charge in [0.1, 0.15) is 5.75 Å². The Balaban J connectivity index is 2.35. The van der Waals surface area contributed by atoms with Crippen LogP contribution in [0.3, 0.4) is 0 Å². The number of hydrogen-bond acceptors (Lipinski definition) is 3. The molecule has 0 atom stereocenters. The van der Waals surface area contributed by atoms with E-state index in [1.807, 2.05) is 0 Å². The van der Waals surface area contributed by atoms with Crippen LogP contribution in [0.15, 0.2) is 35.1 Å². The van der Waals surface area contributed by atoms with Gasteiger partial charge in [-0.2, -0.15) is 0 Å². The number of aromatic amines is 1. The fraction of sp³-hybridized carbons (Fsp3) is 0.0909. The summed E-state index contributed by atoms with van der Waals surface area (Å²) < 4.78 is 4.99. The minimum atomic E-state index is -1.04. The van der Waals surface area contributed by atoms with Crippen molar-refractivity contribution in [3.05, 3.63) is 40.7 Å². The molecule has 16 heavy (non-hydrogen) atoms. The summed E-state index contributed by atoms with van der Waals surface area (Å²) >= 11 is 0. The molecule has 0 radical (unpaired) electrons. The van der Waals surface area contributed by atoms with Gasteiger partial charge in [0.15, 0.2) is 6.61 Å². The third-order valence-electron chi connectivity index (χ3n) is 2.06. The molecule has 2 N–H and O–H groups in total. The smallest absolute Gasteiger partial charge is 0.341 e. The summed E-state index contributed by atoms with van der Waals surface area (Å²) in [5, 5.41) is 9.31. The minimum absolute atomic E-state index is 0.206. The second kappa shape index (κ2) is 4.06. The summed E-state index contributed by atoms with van der Waals surface area (Å²) in [6, 6.07) is 8.13. The number of H-pyrrole nitrogens is 1. The topological polar surface area (TPSA) is 79.4 Å². The van der Waals surface area contributed by atoms with Crippen molar-refractivity contribution in [1.82, 2.24) is 4.98 Å². The summed E-state index contributed by atoms with van der Waals surface area (Å²) in [4.78, 5) is 24.0. The number of carboxylic acid groups (broad SMARTS) is 1. The first-order chi connectivity index (χ1) is 7.65. The zero-order valence-corrected chi connectivity index (χ0v) is 8.27. The van der Waals surface area contributed by atoms with Gasteiger partial charge in [-0.1, -0.05) is 0 Å². The lowest BCUT2D eigenvalue weighted by molar-refractivity contribution is -0.139. The van der Waals surface area contributed by atoms with Gasteiger partial charge in [0.25, 0.3) is 0 Å². The second-order valence-electron chi connectivity index (χ2n) is 3.25. The van der Waals surface area contributed by atoms with E-state index in [4.69, 9.17) is 9.84 Å². The van der Waals surface area contributed by atoms with Crippen molar-refractivity contribution >= 4 is 16.9 Å². The second-order valence-corrected chi connectivity index (χ2v) is 3.25. The maximum absolute atomic E-state index is 11.1. The Morgan fingerprint density at radius 1 is 1.31 bits per heavy atom. The van der Waals surface area contributed by atoms with Crippen LogP contribution in [0, 0.1) is 0 Å². The highest BCUT2D eigenvalue weighted by Gasteiger charge is 2.01. The van der Waals surface area contributed by atoms with Crippen LogP contribution in [-0.2, 0) is 4.79 Å². The largest absolute Gasteiger partial charge is 0.482 e. The van der Waals surface area contributed by atoms with Gasteiger partial charge in [0, 0.05) is 12.1 Å². The van der Waals surface area contributed by atoms with Crippen LogP contribution in [0.2, 0.25) is 0 Å². The van der Waals surface area contributed by atoms with Gasteiger partial charge in [-0.3, -0.25) is 4.79 Å². The van der Waals surface area contributed by atoms with E-state index in [2.05, 4.69) is 4.98 Å². The Labute approximate surface area is 90.3 Å². The highest BCUT2D eigenvalue weighted by atomic mass is 16.5. The molecule has 0 aliphatic heterocycles. The molecule has 5 heteroatoms. The number of carboxylic acids is 1. The first-order valence-corrected chi connectivity index (χ1v) is 4.63. The molecule has 1 aromatic heterocycles. The zero-order valence-electron chi connectivity index (χ0n) is 8.27. The first kappa shape index (κ1) is 10.2. The van der Waals surface area contributed by atoms with Crippen molar-refractivity contribution in [2.75, 3.05) is 6.61 Å². The van der Waals surface area contributed by atoms with Gasteiger partial charge >= 0.3 is 5.97 Å². The number of aromatic nitrogens is 1. The molecule has 0 unspecified atom stereocenters. The van der Waals surface area contributed by atoms with Crippen molar-refractivity contribution < 1.29 is 14.6 Å². The highest BCUT2D eigenvalue weighted by Crippen LogP contribution is 2.17. The van der Waals surface area contributed by atoms with Crippen LogP contribution in [0.5, 0.6) is 5.75 Å². The monoisotopic (exact) mass is 219 g/mol. The Morgan fingerprint density at radius 2 is 2.06 bits per heavy atom. The van der Waals surface area contributed by atoms with Crippen molar-refractivity contribution in [2.24, 2.45) is 0 Å². The SMILES string of the molecule is O=C(O)COc1ccc2ccc(=O)[nH]c2c1. The Morgan fingerprint density at radius 3 is 2.81 bits per heavy atom. The van der Waals surface area contributed by atoms with Crippen LogP contribution in [0.25, 0.3) is 10.9 Å². The van der Waals surface area contributed by atoms with Gasteiger partial charge in [-0.05, 0) is 23.6 Å². The molecule has 2 aromatic rings. The number of fused-ring (bicyclic) bond motifs is 1. The molecule has 0 spiro atoms. The van der Waals surface area contributed by atoms with E-state index in [-0.39, 0.29) is 5.56 Å². The van der Waals surface area contributed by atoms with E-state index in [0.717, 1.165) is 5.39 Å². The molecule has 0 aliphatic carbocycles. The minimum Gasteiger partial charge on any atom is -0.482 e. The Bertz CT molecular complexity index is 588. The predicted octanol–water partition coefficient (Wildman–Crippen LogP) is 0.992. The fourth-order valence-electron chi connectivity index (χ4n) is 1.36. The zero-order chi connectivity index (χ0) is 11.5. The van der Waals surface area contributed by atoms with Crippen molar-refractivity contribution in [1.29, 1.82) is 0 Å². The lowest BCUT2D eigenvalue weighted by Gasteiger charge is -2.04. The van der Waals surface area contributed by atoms with E-state index >= 15 is 0 Å². The predicted molar refractivity (Wildman–Crippen MR) is 57.7 cm³/mol. The van der Waals surface area contributed by atoms with E-state index < -0.39 is 12.6 Å². The molecule has 0 saturated heterocycles. The van der Waals surface area contributed by atoms with Gasteiger partial charge in [-0.25, -0.2) is 4.79 Å². The maximum atomic E-state index is 11.1. The van der Waals surface area contributed by atoms with E-state index in [9.17, 15) is 9.59 Å². The average Bonchev–Trinajstić information content (AvgIpc) is 2.25. The third-order valence-corrected chi connectivity index (χ3v) is 2.06. The van der Waals surface area contributed by atoms with Crippen LogP contribution >= 0.6 is 0 Å². The van der Waals surface area contributed by atoms with E-state index in [0.29, 0.717) is 11.3 Å². The van der Waals surface area contributed by atoms with Gasteiger partial charge in [0.05, 0.1) is 5.52 Å². The summed E-state index contributed by atoms with van der Waals surface area (Å²) in [7, 11) is 0. The van der Waals surface area contributed by atoms with E-state index in [1.54, 1.807) is 24.3 Å². The number of ether oxygens (including phenoxy) is 1. The molecule has 0 bridgehead atoms. The standard InChI is InChI=1S/C11H9NO4/c13-10-4-2-7-1-3-8(5-9(7)12-10)16-6-11(14)15/h1-5H,6H2,(H,12,13)(H,14,15). The summed E-state index contributed by atoms with van der Waals surface area (Å²) in [5.74, 6) is -0.626. The molecular formula is C11H9NO4. The molecule has 1 aromatic carbocycles. The normalized spacial score (nSPS) is 10.2. The van der Waals surface area contributed by atoms with E-state index in [1.165, 1.54) is 6.07 Å². The van der Waals surface area contributed by atoms with Crippen LogP contribution in [0.4, 0.5) is 0 Å². The molecule has 5 nitrogen and oxygen atoms in total. The molecule has 82 valence electrons. The summed E-state index contributed by atoms with van der Waals surface area (Å²) in [6.07, 6.45) is 0. The highest BCUT2D eigenvalue weighted by molar-refractivity contribution is 5.79. The fourth-order valence-corrected chi connectivity index (χ4v) is 1.36. The number of rotatable bonds is 3. The van der Waals surface area contributed by atoms with Crippen molar-refractivity contribution in [3.8, 4) is 5.75 Å². The third kappa shape index (κ3) is 2.20. The lowest BCUT2D eigenvalue weighted by atomic mass is 10.2. The number of aliphatic carboxylic acids is 1. The maximum Gasteiger partial charge on any atom is 0.341 e. The molecule has 0 amide bonds. The first-order valence-electron chi connectivity index (χ1n) is 4.63. The van der Waals surface area contributed by atoms with Gasteiger partial charge in [-0.15, -0.1) is 0 Å². The number of hydrogen-bond donors (Lipinski definition) is 2. The number of carbonyl (C=O) groups is 1. The van der Waals surface area contributed by atoms with Crippen LogP contribution in [-0.4, -0.2) is 22.7 Å². The quantitative estimate of drug-likeness (QED) is 0.806. The molecule has 0 fully saturated rings. The molecule has 0 saturated carbocycles. The Kier molecular flexibility index (Phi) is 2.59. The summed E-state index contributed by atoms with van der Waals surface area (Å²) in [6.45, 7) is -0.400. The Hall–Kier alpha value is -2.30. The van der Waals surface area contributed by atoms with Crippen molar-refractivity contribution in [2.45, 2.75) is 0 Å². The molecule has 2 rings (SSSR count). The average molecular weight is 219 g/mol. The van der Waals surface area contributed by atoms with Gasteiger partial charge in [0.2, 0.25) is 5.56 Å². The molecular weight excluding hydrogens is 210 g/mol. The molecule has 0 aliphatic rings. The van der Waals surface area contributed by atoms with Crippen LogP contribution in [0.1, 0.15) is 0 Å². The number of pyridine rings is 1. The van der Waals surface area contributed by atoms with Gasteiger partial charge < -0.3 is 14.8 Å². The number of nitrogens with one attached hydrogen (secondary N) is 1. The number of benzene rings is 1. The molecule has 1 heterocycles. The van der Waals surface area contributed by atoms with Crippen molar-refractivity contribution in [3.63, 3.8) is 0 Å².